The maximum atomic E-state index is 4.50. The fourth-order valence-corrected chi connectivity index (χ4v) is 4.58. The van der Waals surface area contributed by atoms with E-state index in [2.05, 4.69) is 60.4 Å². The molecule has 1 aliphatic carbocycles. The summed E-state index contributed by atoms with van der Waals surface area (Å²) in [7, 11) is 0. The summed E-state index contributed by atoms with van der Waals surface area (Å²) in [6, 6.07) is 13.0. The van der Waals surface area contributed by atoms with Gasteiger partial charge < -0.3 is 0 Å². The Kier molecular flexibility index (Phi) is 8.51. The summed E-state index contributed by atoms with van der Waals surface area (Å²) in [6.07, 6.45) is 16.3. The summed E-state index contributed by atoms with van der Waals surface area (Å²) in [6.45, 7) is 4.48. The molecule has 0 atom stereocenters. The van der Waals surface area contributed by atoms with Gasteiger partial charge in [-0.05, 0) is 48.8 Å². The molecule has 0 spiro atoms. The number of hydrogen-bond acceptors (Lipinski definition) is 2. The normalized spacial score (nSPS) is 19.6. The van der Waals surface area contributed by atoms with E-state index in [-0.39, 0.29) is 0 Å². The van der Waals surface area contributed by atoms with E-state index in [1.54, 1.807) is 0 Å². The molecule has 1 aromatic carbocycles. The molecule has 1 saturated carbocycles. The summed E-state index contributed by atoms with van der Waals surface area (Å²) in [4.78, 5) is 0. The lowest BCUT2D eigenvalue weighted by molar-refractivity contribution is 0.248. The molecule has 152 valence electrons. The first-order valence-corrected chi connectivity index (χ1v) is 11.7. The van der Waals surface area contributed by atoms with E-state index >= 15 is 0 Å². The highest BCUT2D eigenvalue weighted by atomic mass is 15.1. The molecule has 0 unspecified atom stereocenters. The van der Waals surface area contributed by atoms with Gasteiger partial charge in [-0.25, -0.2) is 0 Å². The summed E-state index contributed by atoms with van der Waals surface area (Å²) < 4.78 is 0. The van der Waals surface area contributed by atoms with E-state index in [1.807, 2.05) is 0 Å². The van der Waals surface area contributed by atoms with Crippen LogP contribution in [-0.4, -0.2) is 10.2 Å². The number of benzene rings is 1. The van der Waals surface area contributed by atoms with Crippen molar-refractivity contribution in [3.8, 4) is 11.3 Å². The van der Waals surface area contributed by atoms with Crippen molar-refractivity contribution in [2.24, 2.45) is 11.8 Å². The van der Waals surface area contributed by atoms with Crippen molar-refractivity contribution in [2.45, 2.75) is 90.9 Å². The van der Waals surface area contributed by atoms with Crippen LogP contribution >= 0.6 is 0 Å². The average Bonchev–Trinajstić information content (AvgIpc) is 2.76. The molecule has 0 radical (unpaired) electrons. The Morgan fingerprint density at radius 3 is 2.07 bits per heavy atom. The van der Waals surface area contributed by atoms with E-state index in [4.69, 9.17) is 0 Å². The van der Waals surface area contributed by atoms with Gasteiger partial charge in [0.2, 0.25) is 0 Å². The second-order valence-corrected chi connectivity index (χ2v) is 8.74. The Bertz CT molecular complexity index is 667. The van der Waals surface area contributed by atoms with Crippen molar-refractivity contribution in [2.75, 3.05) is 0 Å². The minimum atomic E-state index is 0.898. The van der Waals surface area contributed by atoms with Gasteiger partial charge >= 0.3 is 0 Å². The van der Waals surface area contributed by atoms with Crippen LogP contribution in [0.2, 0.25) is 0 Å². The Balaban J connectivity index is 1.39. The summed E-state index contributed by atoms with van der Waals surface area (Å²) in [5.74, 6) is 1.90. The van der Waals surface area contributed by atoms with Gasteiger partial charge in [-0.3, -0.25) is 0 Å². The van der Waals surface area contributed by atoms with Gasteiger partial charge in [-0.15, -0.1) is 0 Å². The van der Waals surface area contributed by atoms with Crippen LogP contribution in [0, 0.1) is 11.8 Å². The predicted molar refractivity (Wildman–Crippen MR) is 119 cm³/mol. The summed E-state index contributed by atoms with van der Waals surface area (Å²) >= 11 is 0. The van der Waals surface area contributed by atoms with Crippen LogP contribution in [0.1, 0.15) is 89.3 Å². The van der Waals surface area contributed by atoms with Crippen molar-refractivity contribution in [1.82, 2.24) is 10.2 Å². The van der Waals surface area contributed by atoms with Gasteiger partial charge in [-0.1, -0.05) is 95.9 Å². The fourth-order valence-electron chi connectivity index (χ4n) is 4.58. The number of nitrogens with zero attached hydrogens (tertiary/aromatic N) is 2. The quantitative estimate of drug-likeness (QED) is 0.402. The van der Waals surface area contributed by atoms with E-state index < -0.39 is 0 Å². The SMILES string of the molecule is CCCCCCC1CCC(CCc2ccc(-c3ccc(CC)cc3)nn2)CC1. The Hall–Kier alpha value is -1.70. The fraction of sp³-hybridized carbons (Fsp3) is 0.615. The largest absolute Gasteiger partial charge is 0.155 e. The first-order valence-electron chi connectivity index (χ1n) is 11.7. The van der Waals surface area contributed by atoms with Gasteiger partial charge in [0.1, 0.15) is 0 Å². The number of hydrogen-bond donors (Lipinski definition) is 0. The molecule has 2 nitrogen and oxygen atoms in total. The molecular formula is C26H38N2. The maximum absolute atomic E-state index is 4.50. The number of rotatable bonds is 10. The molecule has 0 amide bonds. The molecule has 0 aliphatic heterocycles. The topological polar surface area (TPSA) is 25.8 Å². The molecule has 2 aromatic rings. The Labute approximate surface area is 172 Å². The first kappa shape index (κ1) is 21.0. The third-order valence-corrected chi connectivity index (χ3v) is 6.62. The number of aromatic nitrogens is 2. The molecule has 2 heteroatoms. The number of unbranched alkanes of at least 4 members (excludes halogenated alkanes) is 3. The molecule has 0 N–H and O–H groups in total. The minimum Gasteiger partial charge on any atom is -0.155 e. The molecule has 1 heterocycles. The van der Waals surface area contributed by atoms with Crippen molar-refractivity contribution < 1.29 is 0 Å². The lowest BCUT2D eigenvalue weighted by atomic mass is 9.78. The lowest BCUT2D eigenvalue weighted by Gasteiger charge is -2.28. The zero-order valence-corrected chi connectivity index (χ0v) is 18.0. The Morgan fingerprint density at radius 2 is 1.46 bits per heavy atom. The predicted octanol–water partition coefficient (Wildman–Crippen LogP) is 7.42. The van der Waals surface area contributed by atoms with E-state index in [0.29, 0.717) is 0 Å². The van der Waals surface area contributed by atoms with Crippen LogP contribution < -0.4 is 0 Å². The smallest absolute Gasteiger partial charge is 0.0929 e. The van der Waals surface area contributed by atoms with Gasteiger partial charge in [0.15, 0.2) is 0 Å². The van der Waals surface area contributed by atoms with Crippen LogP contribution in [0.25, 0.3) is 11.3 Å². The monoisotopic (exact) mass is 378 g/mol. The second kappa shape index (κ2) is 11.3. The Morgan fingerprint density at radius 1 is 0.750 bits per heavy atom. The molecule has 1 aromatic heterocycles. The zero-order chi connectivity index (χ0) is 19.6. The zero-order valence-electron chi connectivity index (χ0n) is 18.0. The first-order chi connectivity index (χ1) is 13.8. The maximum Gasteiger partial charge on any atom is 0.0929 e. The molecule has 1 aliphatic rings. The van der Waals surface area contributed by atoms with Gasteiger partial charge in [0, 0.05) is 5.56 Å². The molecule has 1 fully saturated rings. The second-order valence-electron chi connectivity index (χ2n) is 8.74. The highest BCUT2D eigenvalue weighted by Crippen LogP contribution is 2.34. The third kappa shape index (κ3) is 6.43. The van der Waals surface area contributed by atoms with Crippen molar-refractivity contribution in [1.29, 1.82) is 0 Å². The van der Waals surface area contributed by atoms with Crippen LogP contribution in [0.4, 0.5) is 0 Å². The molecule has 28 heavy (non-hydrogen) atoms. The third-order valence-electron chi connectivity index (χ3n) is 6.62. The van der Waals surface area contributed by atoms with Crippen LogP contribution in [0.5, 0.6) is 0 Å². The molecule has 0 bridgehead atoms. The number of aryl methyl sites for hydroxylation is 2. The van der Waals surface area contributed by atoms with Gasteiger partial charge in [0.05, 0.1) is 11.4 Å². The summed E-state index contributed by atoms with van der Waals surface area (Å²) in [5.41, 5.74) is 4.66. The van der Waals surface area contributed by atoms with Crippen molar-refractivity contribution in [3.63, 3.8) is 0 Å². The highest BCUT2D eigenvalue weighted by Gasteiger charge is 2.20. The average molecular weight is 379 g/mol. The minimum absolute atomic E-state index is 0.898. The lowest BCUT2D eigenvalue weighted by Crippen LogP contribution is -2.15. The van der Waals surface area contributed by atoms with Crippen LogP contribution in [0.15, 0.2) is 36.4 Å². The molecule has 3 rings (SSSR count). The van der Waals surface area contributed by atoms with Gasteiger partial charge in [0.25, 0.3) is 0 Å². The van der Waals surface area contributed by atoms with E-state index in [1.165, 1.54) is 69.8 Å². The standard InChI is InChI=1S/C26H38N2/c1-3-5-6-7-8-22-9-11-23(12-10-22)15-18-25-19-20-26(28-27-25)24-16-13-21(4-2)14-17-24/h13-14,16-17,19-20,22-23H,3-12,15,18H2,1-2H3. The van der Waals surface area contributed by atoms with Crippen molar-refractivity contribution >= 4 is 0 Å². The van der Waals surface area contributed by atoms with Crippen LogP contribution in [-0.2, 0) is 12.8 Å². The van der Waals surface area contributed by atoms with Gasteiger partial charge in [-0.2, -0.15) is 10.2 Å². The van der Waals surface area contributed by atoms with E-state index in [9.17, 15) is 0 Å². The molecular weight excluding hydrogens is 340 g/mol. The van der Waals surface area contributed by atoms with Crippen molar-refractivity contribution in [3.05, 3.63) is 47.7 Å². The van der Waals surface area contributed by atoms with Crippen LogP contribution in [0.3, 0.4) is 0 Å². The highest BCUT2D eigenvalue weighted by molar-refractivity contribution is 5.58. The van der Waals surface area contributed by atoms with E-state index in [0.717, 1.165) is 41.6 Å². The molecule has 0 saturated heterocycles. The summed E-state index contributed by atoms with van der Waals surface area (Å²) in [5, 5.41) is 8.98.